The lowest BCUT2D eigenvalue weighted by Crippen LogP contribution is -2.44. The second-order valence-electron chi connectivity index (χ2n) is 4.35. The summed E-state index contributed by atoms with van der Waals surface area (Å²) in [6.07, 6.45) is 2.47. The summed E-state index contributed by atoms with van der Waals surface area (Å²) in [5, 5.41) is 15.6. The van der Waals surface area contributed by atoms with Crippen LogP contribution < -0.4 is 10.6 Å². The molecular formula is C11H22N2O2. The summed E-state index contributed by atoms with van der Waals surface area (Å²) < 4.78 is 0. The molecule has 1 amide bonds. The van der Waals surface area contributed by atoms with Gasteiger partial charge in [0.15, 0.2) is 0 Å². The predicted molar refractivity (Wildman–Crippen MR) is 59.5 cm³/mol. The number of aliphatic hydroxyl groups excluding tert-OH is 1. The highest BCUT2D eigenvalue weighted by atomic mass is 16.3. The molecule has 88 valence electrons. The molecule has 3 N–H and O–H groups in total. The maximum absolute atomic E-state index is 11.6. The van der Waals surface area contributed by atoms with Gasteiger partial charge in [-0.1, -0.05) is 20.3 Å². The molecule has 0 aromatic heterocycles. The fraction of sp³-hybridized carbons (Fsp3) is 0.909. The largest absolute Gasteiger partial charge is 0.391 e. The summed E-state index contributed by atoms with van der Waals surface area (Å²) >= 11 is 0. The number of hydrogen-bond donors (Lipinski definition) is 3. The molecule has 0 bridgehead atoms. The van der Waals surface area contributed by atoms with Crippen LogP contribution in [0.1, 0.15) is 33.1 Å². The normalized spacial score (nSPS) is 24.9. The Morgan fingerprint density at radius 1 is 1.67 bits per heavy atom. The van der Waals surface area contributed by atoms with E-state index in [4.69, 9.17) is 0 Å². The van der Waals surface area contributed by atoms with Gasteiger partial charge in [0, 0.05) is 6.54 Å². The van der Waals surface area contributed by atoms with E-state index in [0.717, 1.165) is 25.8 Å². The standard InChI is InChI=1S/C11H22N2O2/c1-3-8(2)10(14)7-13-11(15)9-5-4-6-12-9/h8-10,12,14H,3-7H2,1-2H3,(H,13,15). The lowest BCUT2D eigenvalue weighted by molar-refractivity contribution is -0.123. The van der Waals surface area contributed by atoms with Crippen LogP contribution in [0.4, 0.5) is 0 Å². The van der Waals surface area contributed by atoms with Gasteiger partial charge in [0.25, 0.3) is 0 Å². The van der Waals surface area contributed by atoms with Crippen LogP contribution in [0.3, 0.4) is 0 Å². The van der Waals surface area contributed by atoms with Crippen molar-refractivity contribution in [2.75, 3.05) is 13.1 Å². The van der Waals surface area contributed by atoms with E-state index in [2.05, 4.69) is 10.6 Å². The van der Waals surface area contributed by atoms with Crippen molar-refractivity contribution < 1.29 is 9.90 Å². The van der Waals surface area contributed by atoms with Crippen molar-refractivity contribution in [3.63, 3.8) is 0 Å². The second-order valence-corrected chi connectivity index (χ2v) is 4.35. The minimum Gasteiger partial charge on any atom is -0.391 e. The van der Waals surface area contributed by atoms with Crippen molar-refractivity contribution in [3.8, 4) is 0 Å². The van der Waals surface area contributed by atoms with Crippen LogP contribution in [0.25, 0.3) is 0 Å². The highest BCUT2D eigenvalue weighted by molar-refractivity contribution is 5.81. The SMILES string of the molecule is CCC(C)C(O)CNC(=O)C1CCCN1. The van der Waals surface area contributed by atoms with Gasteiger partial charge in [-0.3, -0.25) is 4.79 Å². The molecule has 1 aliphatic heterocycles. The molecule has 0 radical (unpaired) electrons. The molecule has 15 heavy (non-hydrogen) atoms. The maximum Gasteiger partial charge on any atom is 0.237 e. The van der Waals surface area contributed by atoms with Crippen LogP contribution >= 0.6 is 0 Å². The first-order valence-electron chi connectivity index (χ1n) is 5.84. The summed E-state index contributed by atoms with van der Waals surface area (Å²) in [4.78, 5) is 11.6. The predicted octanol–water partition coefficient (Wildman–Crippen LogP) is 0.262. The van der Waals surface area contributed by atoms with E-state index in [9.17, 15) is 9.90 Å². The topological polar surface area (TPSA) is 61.4 Å². The number of carbonyl (C=O) groups is 1. The van der Waals surface area contributed by atoms with Gasteiger partial charge in [0.05, 0.1) is 12.1 Å². The first-order valence-corrected chi connectivity index (χ1v) is 5.84. The van der Waals surface area contributed by atoms with Crippen molar-refractivity contribution in [2.24, 2.45) is 5.92 Å². The van der Waals surface area contributed by atoms with E-state index in [1.165, 1.54) is 0 Å². The Kier molecular flexibility index (Phi) is 5.05. The average Bonchev–Trinajstić information content (AvgIpc) is 2.77. The molecule has 1 rings (SSSR count). The van der Waals surface area contributed by atoms with E-state index in [-0.39, 0.29) is 17.9 Å². The maximum atomic E-state index is 11.6. The fourth-order valence-electron chi connectivity index (χ4n) is 1.71. The summed E-state index contributed by atoms with van der Waals surface area (Å²) in [6, 6.07) is -0.0471. The molecule has 0 aromatic rings. The van der Waals surface area contributed by atoms with Gasteiger partial charge in [-0.05, 0) is 25.3 Å². The number of carbonyl (C=O) groups excluding carboxylic acids is 1. The molecule has 0 spiro atoms. The number of rotatable bonds is 5. The van der Waals surface area contributed by atoms with Gasteiger partial charge in [0.1, 0.15) is 0 Å². The van der Waals surface area contributed by atoms with Crippen molar-refractivity contribution in [3.05, 3.63) is 0 Å². The average molecular weight is 214 g/mol. The highest BCUT2D eigenvalue weighted by Crippen LogP contribution is 2.07. The Labute approximate surface area is 91.4 Å². The second kappa shape index (κ2) is 6.08. The lowest BCUT2D eigenvalue weighted by Gasteiger charge is -2.19. The van der Waals surface area contributed by atoms with Crippen LogP contribution in [-0.4, -0.2) is 36.2 Å². The monoisotopic (exact) mass is 214 g/mol. The molecule has 1 aliphatic rings. The van der Waals surface area contributed by atoms with Gasteiger partial charge >= 0.3 is 0 Å². The summed E-state index contributed by atoms with van der Waals surface area (Å²) in [5.74, 6) is 0.261. The van der Waals surface area contributed by atoms with Crippen LogP contribution in [0.2, 0.25) is 0 Å². The zero-order valence-electron chi connectivity index (χ0n) is 9.62. The lowest BCUT2D eigenvalue weighted by atomic mass is 10.0. The first kappa shape index (κ1) is 12.5. The molecule has 0 aromatic carbocycles. The quantitative estimate of drug-likeness (QED) is 0.615. The van der Waals surface area contributed by atoms with Gasteiger partial charge in [-0.25, -0.2) is 0 Å². The molecule has 4 nitrogen and oxygen atoms in total. The summed E-state index contributed by atoms with van der Waals surface area (Å²) in [7, 11) is 0. The van der Waals surface area contributed by atoms with E-state index in [1.807, 2.05) is 13.8 Å². The van der Waals surface area contributed by atoms with Crippen molar-refractivity contribution >= 4 is 5.91 Å². The third kappa shape index (κ3) is 3.80. The summed E-state index contributed by atoms with van der Waals surface area (Å²) in [6.45, 7) is 5.32. The van der Waals surface area contributed by atoms with Crippen LogP contribution in [0.5, 0.6) is 0 Å². The van der Waals surface area contributed by atoms with Crippen LogP contribution in [0, 0.1) is 5.92 Å². The highest BCUT2D eigenvalue weighted by Gasteiger charge is 2.22. The Morgan fingerprint density at radius 3 is 2.93 bits per heavy atom. The van der Waals surface area contributed by atoms with Gasteiger partial charge in [-0.15, -0.1) is 0 Å². The Hall–Kier alpha value is -0.610. The third-order valence-corrected chi connectivity index (χ3v) is 3.16. The zero-order valence-corrected chi connectivity index (χ0v) is 9.62. The van der Waals surface area contributed by atoms with E-state index in [1.54, 1.807) is 0 Å². The minimum absolute atomic E-state index is 0.0230. The number of aliphatic hydroxyl groups is 1. The molecule has 1 saturated heterocycles. The molecule has 1 fully saturated rings. The fourth-order valence-corrected chi connectivity index (χ4v) is 1.71. The molecule has 1 heterocycles. The van der Waals surface area contributed by atoms with Gasteiger partial charge in [-0.2, -0.15) is 0 Å². The zero-order chi connectivity index (χ0) is 11.3. The van der Waals surface area contributed by atoms with E-state index in [0.29, 0.717) is 6.54 Å². The van der Waals surface area contributed by atoms with E-state index < -0.39 is 6.10 Å². The Bertz CT molecular complexity index is 203. The molecule has 3 unspecified atom stereocenters. The van der Waals surface area contributed by atoms with Crippen LogP contribution in [0.15, 0.2) is 0 Å². The van der Waals surface area contributed by atoms with Crippen molar-refractivity contribution in [1.82, 2.24) is 10.6 Å². The van der Waals surface area contributed by atoms with Gasteiger partial charge in [0.2, 0.25) is 5.91 Å². The molecule has 3 atom stereocenters. The van der Waals surface area contributed by atoms with Crippen LogP contribution in [-0.2, 0) is 4.79 Å². The number of hydrogen-bond acceptors (Lipinski definition) is 3. The Morgan fingerprint density at radius 2 is 2.40 bits per heavy atom. The van der Waals surface area contributed by atoms with E-state index >= 15 is 0 Å². The molecule has 4 heteroatoms. The van der Waals surface area contributed by atoms with Crippen molar-refractivity contribution in [1.29, 1.82) is 0 Å². The van der Waals surface area contributed by atoms with Gasteiger partial charge < -0.3 is 15.7 Å². The van der Waals surface area contributed by atoms with Crippen molar-refractivity contribution in [2.45, 2.75) is 45.3 Å². The molecule has 0 aliphatic carbocycles. The minimum atomic E-state index is -0.430. The first-order chi connectivity index (χ1) is 7.15. The number of amides is 1. The summed E-state index contributed by atoms with van der Waals surface area (Å²) in [5.41, 5.74) is 0. The number of nitrogens with one attached hydrogen (secondary N) is 2. The Balaban J connectivity index is 2.21. The smallest absolute Gasteiger partial charge is 0.237 e. The molecule has 0 saturated carbocycles. The molecular weight excluding hydrogens is 192 g/mol. The third-order valence-electron chi connectivity index (χ3n) is 3.16.